The van der Waals surface area contributed by atoms with Crippen LogP contribution in [0.15, 0.2) is 0 Å². The number of aliphatic hydroxyl groups excluding tert-OH is 1. The van der Waals surface area contributed by atoms with Crippen molar-refractivity contribution in [2.75, 3.05) is 13.1 Å². The van der Waals surface area contributed by atoms with Crippen LogP contribution in [0.25, 0.3) is 0 Å². The fraction of sp³-hybridized carbons (Fsp3) is 0.857. The molecule has 0 radical (unpaired) electrons. The highest BCUT2D eigenvalue weighted by Gasteiger charge is 2.41. The van der Waals surface area contributed by atoms with Gasteiger partial charge in [-0.2, -0.15) is 0 Å². The minimum absolute atomic E-state index is 0.124. The van der Waals surface area contributed by atoms with E-state index in [1.165, 1.54) is 11.3 Å². The number of β-amino-alcohol motifs (C(OH)–C–C–N with tert-alkyl or cyclic N) is 1. The summed E-state index contributed by atoms with van der Waals surface area (Å²) in [5.74, 6) is -1.03. The SMILES string of the molecule is CCN(C(=O)N1CC(O)C[C@H]1C(=O)O)C1CCCCC1. The number of hydrogen-bond acceptors (Lipinski definition) is 3. The first kappa shape index (κ1) is 15.1. The van der Waals surface area contributed by atoms with Crippen LogP contribution in [0, 0.1) is 0 Å². The molecule has 0 spiro atoms. The van der Waals surface area contributed by atoms with E-state index in [0.29, 0.717) is 6.54 Å². The van der Waals surface area contributed by atoms with E-state index < -0.39 is 18.1 Å². The summed E-state index contributed by atoms with van der Waals surface area (Å²) in [6, 6.07) is -0.910. The quantitative estimate of drug-likeness (QED) is 0.818. The molecule has 0 aromatic rings. The zero-order chi connectivity index (χ0) is 14.7. The van der Waals surface area contributed by atoms with Gasteiger partial charge < -0.3 is 20.0 Å². The smallest absolute Gasteiger partial charge is 0.326 e. The number of aliphatic carboxylic acids is 1. The fourth-order valence-corrected chi connectivity index (χ4v) is 3.37. The average molecular weight is 284 g/mol. The summed E-state index contributed by atoms with van der Waals surface area (Å²) in [4.78, 5) is 26.9. The third-order valence-corrected chi connectivity index (χ3v) is 4.41. The Morgan fingerprint density at radius 1 is 1.25 bits per heavy atom. The third-order valence-electron chi connectivity index (χ3n) is 4.41. The number of aliphatic hydroxyl groups is 1. The van der Waals surface area contributed by atoms with Gasteiger partial charge in [0.2, 0.25) is 0 Å². The summed E-state index contributed by atoms with van der Waals surface area (Å²) in [7, 11) is 0. The highest BCUT2D eigenvalue weighted by Crippen LogP contribution is 2.26. The van der Waals surface area contributed by atoms with Crippen LogP contribution < -0.4 is 0 Å². The number of amides is 2. The topological polar surface area (TPSA) is 81.1 Å². The Morgan fingerprint density at radius 3 is 2.45 bits per heavy atom. The first-order valence-electron chi connectivity index (χ1n) is 7.52. The van der Waals surface area contributed by atoms with Crippen molar-refractivity contribution in [1.29, 1.82) is 0 Å². The molecule has 114 valence electrons. The molecule has 20 heavy (non-hydrogen) atoms. The zero-order valence-corrected chi connectivity index (χ0v) is 12.0. The normalized spacial score (nSPS) is 27.6. The van der Waals surface area contributed by atoms with Crippen LogP contribution in [-0.4, -0.2) is 63.3 Å². The Labute approximate surface area is 119 Å². The van der Waals surface area contributed by atoms with Gasteiger partial charge in [-0.1, -0.05) is 19.3 Å². The first-order chi connectivity index (χ1) is 9.54. The molecule has 0 aromatic heterocycles. The Hall–Kier alpha value is -1.30. The van der Waals surface area contributed by atoms with Gasteiger partial charge in [0, 0.05) is 25.6 Å². The maximum absolute atomic E-state index is 12.6. The molecule has 1 aliphatic heterocycles. The van der Waals surface area contributed by atoms with Gasteiger partial charge in [-0.05, 0) is 19.8 Å². The molecule has 1 saturated carbocycles. The lowest BCUT2D eigenvalue weighted by molar-refractivity contribution is -0.141. The molecule has 1 aliphatic carbocycles. The monoisotopic (exact) mass is 284 g/mol. The van der Waals surface area contributed by atoms with Crippen molar-refractivity contribution in [3.8, 4) is 0 Å². The van der Waals surface area contributed by atoms with E-state index in [4.69, 9.17) is 0 Å². The number of likely N-dealkylation sites (tertiary alicyclic amines) is 1. The molecular weight excluding hydrogens is 260 g/mol. The molecule has 2 amide bonds. The number of carbonyl (C=O) groups excluding carboxylic acids is 1. The number of carbonyl (C=O) groups is 2. The van der Waals surface area contributed by atoms with Crippen molar-refractivity contribution in [3.05, 3.63) is 0 Å². The molecule has 2 atom stereocenters. The third kappa shape index (κ3) is 3.06. The summed E-state index contributed by atoms with van der Waals surface area (Å²) >= 11 is 0. The van der Waals surface area contributed by atoms with Crippen molar-refractivity contribution in [1.82, 2.24) is 9.80 Å². The van der Waals surface area contributed by atoms with Crippen LogP contribution in [0.3, 0.4) is 0 Å². The van der Waals surface area contributed by atoms with Gasteiger partial charge in [-0.3, -0.25) is 0 Å². The second-order valence-electron chi connectivity index (χ2n) is 5.76. The van der Waals surface area contributed by atoms with Crippen molar-refractivity contribution >= 4 is 12.0 Å². The molecule has 6 heteroatoms. The van der Waals surface area contributed by atoms with Crippen molar-refractivity contribution in [3.63, 3.8) is 0 Å². The average Bonchev–Trinajstić information content (AvgIpc) is 2.83. The number of carboxylic acid groups (broad SMARTS) is 1. The summed E-state index contributed by atoms with van der Waals surface area (Å²) in [6.07, 6.45) is 4.84. The minimum Gasteiger partial charge on any atom is -0.480 e. The van der Waals surface area contributed by atoms with E-state index in [0.717, 1.165) is 25.7 Å². The fourth-order valence-electron chi connectivity index (χ4n) is 3.37. The summed E-state index contributed by atoms with van der Waals surface area (Å²) in [6.45, 7) is 2.64. The molecule has 1 saturated heterocycles. The van der Waals surface area contributed by atoms with Gasteiger partial charge in [0.15, 0.2) is 0 Å². The van der Waals surface area contributed by atoms with Crippen LogP contribution in [0.2, 0.25) is 0 Å². The standard InChI is InChI=1S/C14H24N2O4/c1-2-15(10-6-4-3-5-7-10)14(20)16-9-11(17)8-12(16)13(18)19/h10-12,17H,2-9H2,1H3,(H,18,19)/t11?,12-/m0/s1. The van der Waals surface area contributed by atoms with Crippen LogP contribution in [-0.2, 0) is 4.79 Å². The van der Waals surface area contributed by atoms with E-state index in [9.17, 15) is 19.8 Å². The van der Waals surface area contributed by atoms with Gasteiger partial charge in [0.05, 0.1) is 6.10 Å². The molecule has 2 N–H and O–H groups in total. The molecule has 2 fully saturated rings. The highest BCUT2D eigenvalue weighted by molar-refractivity contribution is 5.83. The van der Waals surface area contributed by atoms with Crippen molar-refractivity contribution < 1.29 is 19.8 Å². The Kier molecular flexibility index (Phi) is 4.86. The number of carboxylic acids is 1. The van der Waals surface area contributed by atoms with Gasteiger partial charge in [-0.25, -0.2) is 9.59 Å². The molecule has 1 unspecified atom stereocenters. The van der Waals surface area contributed by atoms with Crippen LogP contribution >= 0.6 is 0 Å². The number of urea groups is 1. The predicted octanol–water partition coefficient (Wildman–Crippen LogP) is 1.28. The second kappa shape index (κ2) is 6.43. The predicted molar refractivity (Wildman–Crippen MR) is 73.4 cm³/mol. The van der Waals surface area contributed by atoms with Crippen LogP contribution in [0.5, 0.6) is 0 Å². The molecule has 6 nitrogen and oxygen atoms in total. The van der Waals surface area contributed by atoms with Gasteiger partial charge in [0.25, 0.3) is 0 Å². The molecule has 2 aliphatic rings. The van der Waals surface area contributed by atoms with E-state index in [1.807, 2.05) is 6.92 Å². The summed E-state index contributed by atoms with van der Waals surface area (Å²) < 4.78 is 0. The number of rotatable bonds is 3. The summed E-state index contributed by atoms with van der Waals surface area (Å²) in [5.41, 5.74) is 0. The molecule has 0 aromatic carbocycles. The maximum Gasteiger partial charge on any atom is 0.326 e. The van der Waals surface area contributed by atoms with E-state index in [-0.39, 0.29) is 25.0 Å². The number of hydrogen-bond donors (Lipinski definition) is 2. The minimum atomic E-state index is -1.03. The Balaban J connectivity index is 2.08. The van der Waals surface area contributed by atoms with Gasteiger partial charge >= 0.3 is 12.0 Å². The lowest BCUT2D eigenvalue weighted by atomic mass is 9.94. The van der Waals surface area contributed by atoms with Crippen LogP contribution in [0.1, 0.15) is 45.4 Å². The van der Waals surface area contributed by atoms with Crippen LogP contribution in [0.4, 0.5) is 4.79 Å². The van der Waals surface area contributed by atoms with Crippen molar-refractivity contribution in [2.45, 2.75) is 63.6 Å². The lowest BCUT2D eigenvalue weighted by Crippen LogP contribution is -2.52. The van der Waals surface area contributed by atoms with E-state index >= 15 is 0 Å². The largest absolute Gasteiger partial charge is 0.480 e. The van der Waals surface area contributed by atoms with Crippen molar-refractivity contribution in [2.24, 2.45) is 0 Å². The lowest BCUT2D eigenvalue weighted by Gasteiger charge is -2.37. The zero-order valence-electron chi connectivity index (χ0n) is 12.0. The second-order valence-corrected chi connectivity index (χ2v) is 5.76. The van der Waals surface area contributed by atoms with E-state index in [1.54, 1.807) is 4.90 Å². The van der Waals surface area contributed by atoms with E-state index in [2.05, 4.69) is 0 Å². The molecule has 0 bridgehead atoms. The molecule has 2 rings (SSSR count). The molecule has 1 heterocycles. The van der Waals surface area contributed by atoms with Gasteiger partial charge in [0.1, 0.15) is 6.04 Å². The summed E-state index contributed by atoms with van der Waals surface area (Å²) in [5, 5.41) is 18.8. The Bertz CT molecular complexity index is 368. The maximum atomic E-state index is 12.6. The highest BCUT2D eigenvalue weighted by atomic mass is 16.4. The van der Waals surface area contributed by atoms with Gasteiger partial charge in [-0.15, -0.1) is 0 Å². The Morgan fingerprint density at radius 2 is 1.90 bits per heavy atom. The number of nitrogens with zero attached hydrogens (tertiary/aromatic N) is 2. The molecular formula is C14H24N2O4. The first-order valence-corrected chi connectivity index (χ1v) is 7.52.